The summed E-state index contributed by atoms with van der Waals surface area (Å²) < 4.78 is 40.3. The number of nitrogens with one attached hydrogen (secondary N) is 1. The van der Waals surface area contributed by atoms with Crippen molar-refractivity contribution in [2.45, 2.75) is 19.1 Å². The molecule has 31 heavy (non-hydrogen) atoms. The highest BCUT2D eigenvalue weighted by Gasteiger charge is 2.32. The Morgan fingerprint density at radius 1 is 1.23 bits per heavy atom. The first kappa shape index (κ1) is 21.5. The molecule has 7 nitrogen and oxygen atoms in total. The number of piperazine rings is 1. The molecule has 1 saturated heterocycles. The molecule has 12 heteroatoms. The van der Waals surface area contributed by atoms with Crippen LogP contribution in [0.5, 0.6) is 0 Å². The summed E-state index contributed by atoms with van der Waals surface area (Å²) in [7, 11) is 0. The van der Waals surface area contributed by atoms with Crippen molar-refractivity contribution in [3.63, 3.8) is 0 Å². The molecule has 4 rings (SSSR count). The van der Waals surface area contributed by atoms with Gasteiger partial charge in [-0.25, -0.2) is 4.98 Å². The van der Waals surface area contributed by atoms with E-state index in [0.29, 0.717) is 42.6 Å². The van der Waals surface area contributed by atoms with Crippen LogP contribution in [0.2, 0.25) is 0 Å². The predicted molar refractivity (Wildman–Crippen MR) is 113 cm³/mol. The Kier molecular flexibility index (Phi) is 5.84. The van der Waals surface area contributed by atoms with Gasteiger partial charge in [-0.2, -0.15) is 18.3 Å². The number of aromatic amines is 1. The number of hydrogen-bond donors (Lipinski definition) is 1. The number of thiophene rings is 1. The summed E-state index contributed by atoms with van der Waals surface area (Å²) in [4.78, 5) is 21.6. The van der Waals surface area contributed by atoms with E-state index < -0.39 is 17.8 Å². The second kappa shape index (κ2) is 8.42. The summed E-state index contributed by atoms with van der Waals surface area (Å²) in [6, 6.07) is 5.66. The molecule has 3 aromatic heterocycles. The molecule has 1 fully saturated rings. The van der Waals surface area contributed by atoms with Crippen molar-refractivity contribution in [3.8, 4) is 10.7 Å². The van der Waals surface area contributed by atoms with Crippen molar-refractivity contribution in [3.05, 3.63) is 46.2 Å². The highest BCUT2D eigenvalue weighted by Crippen LogP contribution is 2.30. The molecule has 1 aliphatic rings. The van der Waals surface area contributed by atoms with E-state index in [9.17, 15) is 18.0 Å². The van der Waals surface area contributed by atoms with Gasteiger partial charge in [0.05, 0.1) is 10.4 Å². The van der Waals surface area contributed by atoms with Crippen LogP contribution in [-0.4, -0.2) is 56.7 Å². The maximum absolute atomic E-state index is 13.1. The standard InChI is InChI=1S/C19H19F3N6OS2/c1-12(28-16(24-25-18(28)30)14-3-2-10-31-14)17(29)27-8-6-26(7-9-27)15-5-4-13(11-23-15)19(20,21)22/h2-5,10-12H,6-9H2,1H3,(H,25,30). The summed E-state index contributed by atoms with van der Waals surface area (Å²) >= 11 is 6.86. The van der Waals surface area contributed by atoms with Crippen LogP contribution in [0.4, 0.5) is 19.0 Å². The summed E-state index contributed by atoms with van der Waals surface area (Å²) in [5.74, 6) is 0.994. The Morgan fingerprint density at radius 3 is 2.55 bits per heavy atom. The molecule has 1 N–H and O–H groups in total. The van der Waals surface area contributed by atoms with Crippen molar-refractivity contribution in [2.24, 2.45) is 0 Å². The van der Waals surface area contributed by atoms with E-state index in [0.717, 1.165) is 17.1 Å². The van der Waals surface area contributed by atoms with Crippen LogP contribution >= 0.6 is 23.6 Å². The lowest BCUT2D eigenvalue weighted by atomic mass is 10.2. The minimum atomic E-state index is -4.41. The van der Waals surface area contributed by atoms with Crippen molar-refractivity contribution in [1.29, 1.82) is 0 Å². The number of alkyl halides is 3. The number of amides is 1. The Bertz CT molecular complexity index is 1100. The third-order valence-electron chi connectivity index (χ3n) is 5.18. The number of halogens is 3. The SMILES string of the molecule is CC(C(=O)N1CCN(c2ccc(C(F)(F)F)cn2)CC1)n1c(-c2cccs2)n[nH]c1=S. The smallest absolute Gasteiger partial charge is 0.353 e. The Balaban J connectivity index is 1.43. The fraction of sp³-hybridized carbons (Fsp3) is 0.368. The van der Waals surface area contributed by atoms with Gasteiger partial charge in [-0.05, 0) is 42.7 Å². The number of aromatic nitrogens is 4. The molecule has 3 aromatic rings. The molecule has 1 unspecified atom stereocenters. The Hall–Kier alpha value is -2.73. The van der Waals surface area contributed by atoms with Crippen LogP contribution in [0.1, 0.15) is 18.5 Å². The maximum atomic E-state index is 13.1. The zero-order valence-electron chi connectivity index (χ0n) is 16.5. The molecule has 0 spiro atoms. The molecular weight excluding hydrogens is 449 g/mol. The monoisotopic (exact) mass is 468 g/mol. The van der Waals surface area contributed by atoms with Crippen molar-refractivity contribution in [1.82, 2.24) is 24.6 Å². The molecule has 0 aromatic carbocycles. The van der Waals surface area contributed by atoms with Gasteiger partial charge in [-0.3, -0.25) is 14.5 Å². The summed E-state index contributed by atoms with van der Waals surface area (Å²) in [5, 5.41) is 8.96. The molecule has 1 amide bonds. The van der Waals surface area contributed by atoms with Gasteiger partial charge in [0.1, 0.15) is 11.9 Å². The topological polar surface area (TPSA) is 70.1 Å². The molecule has 1 aliphatic heterocycles. The number of rotatable bonds is 4. The van der Waals surface area contributed by atoms with E-state index in [1.54, 1.807) is 16.4 Å². The van der Waals surface area contributed by atoms with Gasteiger partial charge in [0.15, 0.2) is 10.6 Å². The highest BCUT2D eigenvalue weighted by molar-refractivity contribution is 7.71. The number of carbonyl (C=O) groups is 1. The number of hydrogen-bond acceptors (Lipinski definition) is 6. The lowest BCUT2D eigenvalue weighted by Crippen LogP contribution is -2.50. The number of nitrogens with zero attached hydrogens (tertiary/aromatic N) is 5. The predicted octanol–water partition coefficient (Wildman–Crippen LogP) is 3.99. The molecule has 4 heterocycles. The zero-order valence-corrected chi connectivity index (χ0v) is 18.1. The molecule has 1 atom stereocenters. The summed E-state index contributed by atoms with van der Waals surface area (Å²) in [6.45, 7) is 3.61. The third kappa shape index (κ3) is 4.35. The lowest BCUT2D eigenvalue weighted by molar-refractivity contribution is -0.138. The van der Waals surface area contributed by atoms with E-state index in [2.05, 4.69) is 15.2 Å². The fourth-order valence-electron chi connectivity index (χ4n) is 3.52. The molecule has 0 bridgehead atoms. The average Bonchev–Trinajstić information content (AvgIpc) is 3.42. The van der Waals surface area contributed by atoms with Gasteiger partial charge >= 0.3 is 6.18 Å². The zero-order chi connectivity index (χ0) is 22.2. The van der Waals surface area contributed by atoms with Crippen molar-refractivity contribution < 1.29 is 18.0 Å². The largest absolute Gasteiger partial charge is 0.417 e. The van der Waals surface area contributed by atoms with E-state index in [4.69, 9.17) is 12.2 Å². The number of pyridine rings is 1. The van der Waals surface area contributed by atoms with Crippen LogP contribution in [-0.2, 0) is 11.0 Å². The number of anilines is 1. The van der Waals surface area contributed by atoms with Gasteiger partial charge in [-0.15, -0.1) is 11.3 Å². The third-order valence-corrected chi connectivity index (χ3v) is 6.34. The molecule has 0 saturated carbocycles. The van der Waals surface area contributed by atoms with Crippen LogP contribution < -0.4 is 4.90 Å². The van der Waals surface area contributed by atoms with Gasteiger partial charge < -0.3 is 9.80 Å². The first-order chi connectivity index (χ1) is 14.8. The van der Waals surface area contributed by atoms with Gasteiger partial charge in [0.25, 0.3) is 0 Å². The van der Waals surface area contributed by atoms with E-state index >= 15 is 0 Å². The second-order valence-electron chi connectivity index (χ2n) is 7.09. The van der Waals surface area contributed by atoms with Crippen molar-refractivity contribution in [2.75, 3.05) is 31.1 Å². The molecule has 0 radical (unpaired) electrons. The number of carbonyl (C=O) groups excluding carboxylic acids is 1. The molecular formula is C19H19F3N6OS2. The van der Waals surface area contributed by atoms with Gasteiger partial charge in [-0.1, -0.05) is 6.07 Å². The minimum absolute atomic E-state index is 0.0877. The van der Waals surface area contributed by atoms with Gasteiger partial charge in [0, 0.05) is 32.4 Å². The van der Waals surface area contributed by atoms with Crippen molar-refractivity contribution >= 4 is 35.3 Å². The first-order valence-corrected chi connectivity index (χ1v) is 10.8. The fourth-order valence-corrected chi connectivity index (χ4v) is 4.52. The summed E-state index contributed by atoms with van der Waals surface area (Å²) in [6.07, 6.45) is -3.58. The van der Waals surface area contributed by atoms with Crippen LogP contribution in [0.3, 0.4) is 0 Å². The maximum Gasteiger partial charge on any atom is 0.417 e. The minimum Gasteiger partial charge on any atom is -0.353 e. The number of H-pyrrole nitrogens is 1. The van der Waals surface area contributed by atoms with Crippen LogP contribution in [0.15, 0.2) is 35.8 Å². The van der Waals surface area contributed by atoms with Gasteiger partial charge in [0.2, 0.25) is 5.91 Å². The molecule has 164 valence electrons. The quantitative estimate of drug-likeness (QED) is 0.587. The average molecular weight is 469 g/mol. The summed E-state index contributed by atoms with van der Waals surface area (Å²) in [5.41, 5.74) is -0.780. The Labute approximate surface area is 185 Å². The van der Waals surface area contributed by atoms with E-state index in [-0.39, 0.29) is 5.91 Å². The van der Waals surface area contributed by atoms with Crippen LogP contribution in [0, 0.1) is 4.77 Å². The molecule has 0 aliphatic carbocycles. The first-order valence-electron chi connectivity index (χ1n) is 9.53. The Morgan fingerprint density at radius 2 is 1.97 bits per heavy atom. The van der Waals surface area contributed by atoms with Crippen LogP contribution in [0.25, 0.3) is 10.7 Å². The van der Waals surface area contributed by atoms with E-state index in [1.807, 2.05) is 22.4 Å². The normalized spacial score (nSPS) is 15.9. The van der Waals surface area contributed by atoms with E-state index in [1.165, 1.54) is 17.4 Å². The second-order valence-corrected chi connectivity index (χ2v) is 8.43. The highest BCUT2D eigenvalue weighted by atomic mass is 32.1. The lowest BCUT2D eigenvalue weighted by Gasteiger charge is -2.36.